The minimum absolute atomic E-state index is 0.0425. The number of hydrogen-bond acceptors (Lipinski definition) is 4. The second-order valence-electron chi connectivity index (χ2n) is 9.27. The molecule has 0 heterocycles. The van der Waals surface area contributed by atoms with Gasteiger partial charge < -0.3 is 10.2 Å². The SMILES string of the molecule is CC[C@H](C)NC(=O)[C@H](C)N(Cc1ccccc1Cl)C(=O)CN(c1ccccc1)S(=O)(=O)c1ccc(C)cc1. The Morgan fingerprint density at radius 1 is 0.921 bits per heavy atom. The zero-order chi connectivity index (χ0) is 27.9. The van der Waals surface area contributed by atoms with Gasteiger partial charge in [-0.05, 0) is 63.1 Å². The molecule has 0 saturated carbocycles. The lowest BCUT2D eigenvalue weighted by Crippen LogP contribution is -2.52. The highest BCUT2D eigenvalue weighted by molar-refractivity contribution is 7.92. The van der Waals surface area contributed by atoms with Crippen molar-refractivity contribution >= 4 is 39.1 Å². The Labute approximate surface area is 230 Å². The van der Waals surface area contributed by atoms with Crippen LogP contribution in [0.2, 0.25) is 5.02 Å². The fourth-order valence-electron chi connectivity index (χ4n) is 3.82. The van der Waals surface area contributed by atoms with E-state index in [1.165, 1.54) is 17.0 Å². The maximum Gasteiger partial charge on any atom is 0.264 e. The topological polar surface area (TPSA) is 86.8 Å². The summed E-state index contributed by atoms with van der Waals surface area (Å²) in [7, 11) is -4.09. The molecule has 3 aromatic carbocycles. The van der Waals surface area contributed by atoms with Crippen molar-refractivity contribution in [3.63, 3.8) is 0 Å². The fourth-order valence-corrected chi connectivity index (χ4v) is 5.43. The third-order valence-corrected chi connectivity index (χ3v) is 8.56. The molecule has 0 aliphatic rings. The van der Waals surface area contributed by atoms with E-state index in [-0.39, 0.29) is 23.4 Å². The quantitative estimate of drug-likeness (QED) is 0.353. The summed E-state index contributed by atoms with van der Waals surface area (Å²) in [6.07, 6.45) is 0.730. The Kier molecular flexibility index (Phi) is 9.94. The zero-order valence-electron chi connectivity index (χ0n) is 22.1. The van der Waals surface area contributed by atoms with Crippen LogP contribution in [0, 0.1) is 6.92 Å². The van der Waals surface area contributed by atoms with E-state index < -0.39 is 28.5 Å². The predicted molar refractivity (Wildman–Crippen MR) is 152 cm³/mol. The first kappa shape index (κ1) is 29.2. The van der Waals surface area contributed by atoms with Crippen LogP contribution in [0.3, 0.4) is 0 Å². The Balaban J connectivity index is 2.01. The Hall–Kier alpha value is -3.36. The number of aryl methyl sites for hydroxylation is 1. The molecule has 2 atom stereocenters. The van der Waals surface area contributed by atoms with Gasteiger partial charge in [-0.2, -0.15) is 0 Å². The summed E-state index contributed by atoms with van der Waals surface area (Å²) in [5, 5.41) is 3.36. The van der Waals surface area contributed by atoms with Crippen molar-refractivity contribution < 1.29 is 18.0 Å². The summed E-state index contributed by atoms with van der Waals surface area (Å²) in [5.74, 6) is -0.858. The number of hydrogen-bond donors (Lipinski definition) is 1. The maximum absolute atomic E-state index is 13.9. The molecule has 0 bridgehead atoms. The molecular weight excluding hydrogens is 522 g/mol. The van der Waals surface area contributed by atoms with Crippen LogP contribution < -0.4 is 9.62 Å². The molecule has 0 saturated heterocycles. The number of nitrogens with zero attached hydrogens (tertiary/aromatic N) is 2. The number of amides is 2. The number of anilines is 1. The molecular formula is C29H34ClN3O4S. The number of halogens is 1. The minimum Gasteiger partial charge on any atom is -0.352 e. The zero-order valence-corrected chi connectivity index (χ0v) is 23.7. The number of carbonyl (C=O) groups excluding carboxylic acids is 2. The van der Waals surface area contributed by atoms with Gasteiger partial charge in [0.25, 0.3) is 10.0 Å². The van der Waals surface area contributed by atoms with E-state index in [4.69, 9.17) is 11.6 Å². The van der Waals surface area contributed by atoms with Crippen LogP contribution in [0.4, 0.5) is 5.69 Å². The third kappa shape index (κ3) is 7.14. The van der Waals surface area contributed by atoms with Crippen LogP contribution in [0.15, 0.2) is 83.8 Å². The van der Waals surface area contributed by atoms with Crippen molar-refractivity contribution in [3.8, 4) is 0 Å². The first-order chi connectivity index (χ1) is 18.0. The first-order valence-electron chi connectivity index (χ1n) is 12.5. The summed E-state index contributed by atoms with van der Waals surface area (Å²) in [5.41, 5.74) is 1.91. The minimum atomic E-state index is -4.09. The molecule has 0 radical (unpaired) electrons. The van der Waals surface area contributed by atoms with E-state index in [0.29, 0.717) is 16.3 Å². The molecule has 0 aliphatic heterocycles. The molecule has 3 aromatic rings. The van der Waals surface area contributed by atoms with Gasteiger partial charge in [-0.15, -0.1) is 0 Å². The van der Waals surface area contributed by atoms with E-state index in [2.05, 4.69) is 5.32 Å². The molecule has 38 heavy (non-hydrogen) atoms. The van der Waals surface area contributed by atoms with Crippen molar-refractivity contribution in [1.29, 1.82) is 0 Å². The largest absolute Gasteiger partial charge is 0.352 e. The lowest BCUT2D eigenvalue weighted by atomic mass is 10.1. The van der Waals surface area contributed by atoms with Crippen LogP contribution in [-0.2, 0) is 26.2 Å². The highest BCUT2D eigenvalue weighted by Gasteiger charge is 2.33. The summed E-state index contributed by atoms with van der Waals surface area (Å²) >= 11 is 6.39. The van der Waals surface area contributed by atoms with Crippen molar-refractivity contribution in [2.45, 2.75) is 57.6 Å². The highest BCUT2D eigenvalue weighted by Crippen LogP contribution is 2.25. The smallest absolute Gasteiger partial charge is 0.264 e. The fraction of sp³-hybridized carbons (Fsp3) is 0.310. The van der Waals surface area contributed by atoms with Gasteiger partial charge in [-0.3, -0.25) is 13.9 Å². The van der Waals surface area contributed by atoms with E-state index in [1.54, 1.807) is 73.7 Å². The van der Waals surface area contributed by atoms with Crippen molar-refractivity contribution in [3.05, 3.63) is 95.0 Å². The van der Waals surface area contributed by atoms with Crippen molar-refractivity contribution in [2.24, 2.45) is 0 Å². The van der Waals surface area contributed by atoms with Gasteiger partial charge in [0, 0.05) is 17.6 Å². The molecule has 9 heteroatoms. The second kappa shape index (κ2) is 12.9. The van der Waals surface area contributed by atoms with Gasteiger partial charge in [0.15, 0.2) is 0 Å². The van der Waals surface area contributed by atoms with E-state index in [1.807, 2.05) is 20.8 Å². The van der Waals surface area contributed by atoms with Gasteiger partial charge in [-0.1, -0.05) is 72.6 Å². The van der Waals surface area contributed by atoms with Crippen LogP contribution in [0.1, 0.15) is 38.3 Å². The molecule has 0 fully saturated rings. The number of sulfonamides is 1. The average molecular weight is 556 g/mol. The van der Waals surface area contributed by atoms with Gasteiger partial charge >= 0.3 is 0 Å². The van der Waals surface area contributed by atoms with Crippen molar-refractivity contribution in [2.75, 3.05) is 10.8 Å². The molecule has 1 N–H and O–H groups in total. The number of nitrogens with one attached hydrogen (secondary N) is 1. The second-order valence-corrected chi connectivity index (χ2v) is 11.5. The molecule has 0 spiro atoms. The van der Waals surface area contributed by atoms with E-state index >= 15 is 0 Å². The molecule has 0 aromatic heterocycles. The van der Waals surface area contributed by atoms with Gasteiger partial charge in [0.1, 0.15) is 12.6 Å². The molecule has 0 unspecified atom stereocenters. The predicted octanol–water partition coefficient (Wildman–Crippen LogP) is 5.18. The van der Waals surface area contributed by atoms with Gasteiger partial charge in [-0.25, -0.2) is 8.42 Å². The Morgan fingerprint density at radius 3 is 2.13 bits per heavy atom. The molecule has 7 nitrogen and oxygen atoms in total. The summed E-state index contributed by atoms with van der Waals surface area (Å²) < 4.78 is 28.6. The van der Waals surface area contributed by atoms with E-state index in [0.717, 1.165) is 16.3 Å². The summed E-state index contributed by atoms with van der Waals surface area (Å²) in [6.45, 7) is 6.89. The van der Waals surface area contributed by atoms with E-state index in [9.17, 15) is 18.0 Å². The number of carbonyl (C=O) groups is 2. The lowest BCUT2D eigenvalue weighted by Gasteiger charge is -2.32. The summed E-state index contributed by atoms with van der Waals surface area (Å²) in [6, 6.07) is 21.0. The van der Waals surface area contributed by atoms with Gasteiger partial charge in [0.2, 0.25) is 11.8 Å². The molecule has 202 valence electrons. The molecule has 3 rings (SSSR count). The normalized spacial score (nSPS) is 12.9. The number of rotatable bonds is 11. The third-order valence-electron chi connectivity index (χ3n) is 6.40. The molecule has 2 amide bonds. The van der Waals surface area contributed by atoms with Crippen molar-refractivity contribution in [1.82, 2.24) is 10.2 Å². The number of benzene rings is 3. The monoisotopic (exact) mass is 555 g/mol. The van der Waals surface area contributed by atoms with Crippen LogP contribution in [0.25, 0.3) is 0 Å². The highest BCUT2D eigenvalue weighted by atomic mass is 35.5. The van der Waals surface area contributed by atoms with Crippen LogP contribution >= 0.6 is 11.6 Å². The summed E-state index contributed by atoms with van der Waals surface area (Å²) in [4.78, 5) is 28.4. The average Bonchev–Trinajstić information content (AvgIpc) is 2.91. The Morgan fingerprint density at radius 2 is 1.53 bits per heavy atom. The van der Waals surface area contributed by atoms with Crippen LogP contribution in [0.5, 0.6) is 0 Å². The number of para-hydroxylation sites is 1. The Bertz CT molecular complexity index is 1350. The standard InChI is InChI=1S/C29H34ClN3O4S/c1-5-22(3)31-29(35)23(4)32(19-24-11-9-10-14-27(24)30)28(34)20-33(25-12-7-6-8-13-25)38(36,37)26-17-15-21(2)16-18-26/h6-18,22-23H,5,19-20H2,1-4H3,(H,31,35)/t22-,23-/m0/s1. The lowest BCUT2D eigenvalue weighted by molar-refractivity contribution is -0.139. The van der Waals surface area contributed by atoms with Gasteiger partial charge in [0.05, 0.1) is 10.6 Å². The first-order valence-corrected chi connectivity index (χ1v) is 14.3. The van der Waals surface area contributed by atoms with Crippen LogP contribution in [-0.4, -0.2) is 43.8 Å². The maximum atomic E-state index is 13.9. The molecule has 0 aliphatic carbocycles.